The van der Waals surface area contributed by atoms with E-state index in [-0.39, 0.29) is 49.4 Å². The summed E-state index contributed by atoms with van der Waals surface area (Å²) in [5.74, 6) is -0.917. The average Bonchev–Trinajstić information content (AvgIpc) is 2.12. The lowest BCUT2D eigenvalue weighted by Gasteiger charge is -2.14. The molecular weight excluding hydrogens is 220 g/mol. The molecule has 0 aromatic carbocycles. The summed E-state index contributed by atoms with van der Waals surface area (Å²) in [4.78, 5) is 22.0. The van der Waals surface area contributed by atoms with Crippen molar-refractivity contribution in [1.29, 1.82) is 0 Å². The van der Waals surface area contributed by atoms with Gasteiger partial charge in [0, 0.05) is 6.54 Å². The number of carbonyl (C=O) groups is 2. The summed E-state index contributed by atoms with van der Waals surface area (Å²) < 4.78 is 4.96. The van der Waals surface area contributed by atoms with E-state index in [0.717, 1.165) is 0 Å². The number of hydrogen-bond acceptors (Lipinski definition) is 4. The zero-order chi connectivity index (χ0) is 11.1. The lowest BCUT2D eigenvalue weighted by molar-refractivity contribution is -0.151. The van der Waals surface area contributed by atoms with Crippen LogP contribution < -0.4 is 11.1 Å². The number of hydrogen-bond donors (Lipinski definition) is 2. The Labute approximate surface area is 96.1 Å². The molecule has 0 rings (SSSR count). The maximum Gasteiger partial charge on any atom is 0.310 e. The van der Waals surface area contributed by atoms with Gasteiger partial charge in [0.1, 0.15) is 0 Å². The number of ether oxygens (including phenoxy) is 1. The van der Waals surface area contributed by atoms with E-state index in [9.17, 15) is 9.59 Å². The zero-order valence-electron chi connectivity index (χ0n) is 9.28. The minimum atomic E-state index is -0.340. The number of nitrogens with one attached hydrogen (secondary N) is 1. The predicted molar refractivity (Wildman–Crippen MR) is 59.7 cm³/mol. The van der Waals surface area contributed by atoms with Crippen molar-refractivity contribution in [3.63, 3.8) is 0 Å². The van der Waals surface area contributed by atoms with Crippen LogP contribution in [0.2, 0.25) is 0 Å². The molecule has 15 heavy (non-hydrogen) atoms. The van der Waals surface area contributed by atoms with E-state index in [4.69, 9.17) is 10.5 Å². The molecule has 0 aromatic heterocycles. The second kappa shape index (κ2) is 8.49. The van der Waals surface area contributed by atoms with Gasteiger partial charge >= 0.3 is 5.97 Å². The Kier molecular flexibility index (Phi) is 9.41. The van der Waals surface area contributed by atoms with Crippen molar-refractivity contribution in [2.45, 2.75) is 26.9 Å². The number of nitrogens with two attached hydrogens (primary N) is 1. The fraction of sp³-hybridized carbons (Fsp3) is 0.778. The molecule has 0 saturated carbocycles. The molecule has 0 aliphatic rings. The minimum Gasteiger partial charge on any atom is -0.463 e. The highest BCUT2D eigenvalue weighted by molar-refractivity contribution is 5.85. The van der Waals surface area contributed by atoms with Crippen LogP contribution >= 0.6 is 12.4 Å². The minimum absolute atomic E-state index is 0. The van der Waals surface area contributed by atoms with Crippen LogP contribution in [0.3, 0.4) is 0 Å². The van der Waals surface area contributed by atoms with Gasteiger partial charge in [-0.2, -0.15) is 0 Å². The average molecular weight is 239 g/mol. The normalized spacial score (nSPS) is 11.5. The van der Waals surface area contributed by atoms with Crippen molar-refractivity contribution in [1.82, 2.24) is 5.32 Å². The SMILES string of the molecule is CC(C)OC(=O)C(C)CNC(=O)CN.Cl. The number of halogens is 1. The maximum absolute atomic E-state index is 11.2. The molecule has 5 nitrogen and oxygen atoms in total. The number of esters is 1. The molecule has 0 radical (unpaired) electrons. The fourth-order valence-electron chi connectivity index (χ4n) is 0.771. The quantitative estimate of drug-likeness (QED) is 0.665. The third kappa shape index (κ3) is 8.20. The summed E-state index contributed by atoms with van der Waals surface area (Å²) in [6.45, 7) is 5.46. The Balaban J connectivity index is 0. The Morgan fingerprint density at radius 3 is 2.27 bits per heavy atom. The van der Waals surface area contributed by atoms with Crippen LogP contribution in [-0.2, 0) is 14.3 Å². The summed E-state index contributed by atoms with van der Waals surface area (Å²) in [7, 11) is 0. The summed E-state index contributed by atoms with van der Waals surface area (Å²) in [5, 5.41) is 2.52. The molecule has 3 N–H and O–H groups in total. The molecule has 0 aromatic rings. The molecule has 0 fully saturated rings. The second-order valence-corrected chi connectivity index (χ2v) is 3.39. The first-order valence-corrected chi connectivity index (χ1v) is 4.64. The Hall–Kier alpha value is -0.810. The molecule has 1 amide bonds. The molecule has 1 unspecified atom stereocenters. The Morgan fingerprint density at radius 2 is 1.87 bits per heavy atom. The molecule has 0 bridgehead atoms. The van der Waals surface area contributed by atoms with Gasteiger partial charge in [0.15, 0.2) is 0 Å². The van der Waals surface area contributed by atoms with Gasteiger partial charge in [-0.1, -0.05) is 6.92 Å². The molecular formula is C9H19ClN2O3. The van der Waals surface area contributed by atoms with E-state index >= 15 is 0 Å². The van der Waals surface area contributed by atoms with Gasteiger partial charge in [-0.05, 0) is 13.8 Å². The van der Waals surface area contributed by atoms with Crippen molar-refractivity contribution < 1.29 is 14.3 Å². The van der Waals surface area contributed by atoms with E-state index in [1.54, 1.807) is 20.8 Å². The van der Waals surface area contributed by atoms with Crippen molar-refractivity contribution in [2.24, 2.45) is 11.7 Å². The summed E-state index contributed by atoms with van der Waals surface area (Å²) in [6, 6.07) is 0. The molecule has 0 aliphatic heterocycles. The highest BCUT2D eigenvalue weighted by atomic mass is 35.5. The molecule has 0 saturated heterocycles. The van der Waals surface area contributed by atoms with Gasteiger partial charge in [-0.3, -0.25) is 9.59 Å². The molecule has 6 heteroatoms. The van der Waals surface area contributed by atoms with Crippen LogP contribution in [0.1, 0.15) is 20.8 Å². The highest BCUT2D eigenvalue weighted by Gasteiger charge is 2.15. The van der Waals surface area contributed by atoms with Crippen LogP contribution in [-0.4, -0.2) is 31.1 Å². The summed E-state index contributed by atoms with van der Waals surface area (Å²) >= 11 is 0. The lowest BCUT2D eigenvalue weighted by Crippen LogP contribution is -2.36. The van der Waals surface area contributed by atoms with Gasteiger partial charge in [-0.15, -0.1) is 12.4 Å². The zero-order valence-corrected chi connectivity index (χ0v) is 10.1. The highest BCUT2D eigenvalue weighted by Crippen LogP contribution is 1.99. The smallest absolute Gasteiger partial charge is 0.310 e. The van der Waals surface area contributed by atoms with Crippen molar-refractivity contribution in [2.75, 3.05) is 13.1 Å². The molecule has 1 atom stereocenters. The molecule has 90 valence electrons. The van der Waals surface area contributed by atoms with E-state index in [2.05, 4.69) is 5.32 Å². The molecule has 0 spiro atoms. The van der Waals surface area contributed by atoms with Crippen molar-refractivity contribution >= 4 is 24.3 Å². The second-order valence-electron chi connectivity index (χ2n) is 3.39. The van der Waals surface area contributed by atoms with Crippen molar-refractivity contribution in [3.05, 3.63) is 0 Å². The van der Waals surface area contributed by atoms with Crippen LogP contribution in [0, 0.1) is 5.92 Å². The first-order chi connectivity index (χ1) is 6.47. The Morgan fingerprint density at radius 1 is 1.33 bits per heavy atom. The number of amides is 1. The fourth-order valence-corrected chi connectivity index (χ4v) is 0.771. The van der Waals surface area contributed by atoms with E-state index < -0.39 is 0 Å². The standard InChI is InChI=1S/C9H18N2O3.ClH/c1-6(2)14-9(13)7(3)5-11-8(12)4-10;/h6-7H,4-5,10H2,1-3H3,(H,11,12);1H. The number of rotatable bonds is 5. The first kappa shape index (κ1) is 16.6. The summed E-state index contributed by atoms with van der Waals surface area (Å²) in [5.41, 5.74) is 5.09. The Bertz CT molecular complexity index is 210. The third-order valence-electron chi connectivity index (χ3n) is 1.55. The molecule has 0 heterocycles. The van der Waals surface area contributed by atoms with Crippen LogP contribution in [0.25, 0.3) is 0 Å². The van der Waals surface area contributed by atoms with E-state index in [1.807, 2.05) is 0 Å². The topological polar surface area (TPSA) is 81.4 Å². The predicted octanol–water partition coefficient (Wildman–Crippen LogP) is 0.0708. The van der Waals surface area contributed by atoms with Gasteiger partial charge < -0.3 is 15.8 Å². The first-order valence-electron chi connectivity index (χ1n) is 4.64. The van der Waals surface area contributed by atoms with Crippen molar-refractivity contribution in [3.8, 4) is 0 Å². The van der Waals surface area contributed by atoms with E-state index in [0.29, 0.717) is 0 Å². The van der Waals surface area contributed by atoms with Gasteiger partial charge in [-0.25, -0.2) is 0 Å². The third-order valence-corrected chi connectivity index (χ3v) is 1.55. The van der Waals surface area contributed by atoms with Crippen LogP contribution in [0.5, 0.6) is 0 Å². The molecule has 0 aliphatic carbocycles. The lowest BCUT2D eigenvalue weighted by atomic mass is 10.2. The maximum atomic E-state index is 11.2. The monoisotopic (exact) mass is 238 g/mol. The van der Waals surface area contributed by atoms with Gasteiger partial charge in [0.05, 0.1) is 18.6 Å². The van der Waals surface area contributed by atoms with Crippen LogP contribution in [0.15, 0.2) is 0 Å². The summed E-state index contributed by atoms with van der Waals surface area (Å²) in [6.07, 6.45) is -0.129. The van der Waals surface area contributed by atoms with Crippen LogP contribution in [0.4, 0.5) is 0 Å². The van der Waals surface area contributed by atoms with Gasteiger partial charge in [0.2, 0.25) is 5.91 Å². The largest absolute Gasteiger partial charge is 0.463 e. The van der Waals surface area contributed by atoms with Gasteiger partial charge in [0.25, 0.3) is 0 Å². The van der Waals surface area contributed by atoms with E-state index in [1.165, 1.54) is 0 Å². The number of carbonyl (C=O) groups excluding carboxylic acids is 2.